The van der Waals surface area contributed by atoms with E-state index in [4.69, 9.17) is 4.99 Å². The summed E-state index contributed by atoms with van der Waals surface area (Å²) in [5.74, 6) is 1.01. The van der Waals surface area contributed by atoms with E-state index in [2.05, 4.69) is 20.6 Å². The maximum Gasteiger partial charge on any atom is 0.167 e. The lowest BCUT2D eigenvalue weighted by atomic mass is 9.92. The average molecular weight is 294 g/mol. The van der Waals surface area contributed by atoms with Crippen LogP contribution in [-0.2, 0) is 0 Å². The van der Waals surface area contributed by atoms with E-state index in [1.165, 1.54) is 36.5 Å². The Labute approximate surface area is 122 Å². The van der Waals surface area contributed by atoms with Crippen molar-refractivity contribution in [1.29, 1.82) is 0 Å². The Kier molecular flexibility index (Phi) is 3.23. The van der Waals surface area contributed by atoms with Crippen LogP contribution in [0.5, 0.6) is 0 Å². The summed E-state index contributed by atoms with van der Waals surface area (Å²) in [4.78, 5) is 11.7. The van der Waals surface area contributed by atoms with Crippen LogP contribution in [0.15, 0.2) is 21.1 Å². The van der Waals surface area contributed by atoms with Gasteiger partial charge in [0.1, 0.15) is 0 Å². The number of rotatable bonds is 2. The van der Waals surface area contributed by atoms with E-state index in [9.17, 15) is 0 Å². The van der Waals surface area contributed by atoms with Crippen molar-refractivity contribution in [2.45, 2.75) is 37.8 Å². The van der Waals surface area contributed by atoms with Crippen molar-refractivity contribution in [3.8, 4) is 0 Å². The number of nitrogens with zero attached hydrogens (tertiary/aromatic N) is 3. The largest absolute Gasteiger partial charge is 0.360 e. The number of nitrogens with one attached hydrogen (secondary N) is 1. The van der Waals surface area contributed by atoms with Crippen molar-refractivity contribution in [2.75, 3.05) is 18.8 Å². The second-order valence-electron chi connectivity index (χ2n) is 5.37. The van der Waals surface area contributed by atoms with Gasteiger partial charge in [0, 0.05) is 18.0 Å². The zero-order chi connectivity index (χ0) is 12.7. The molecule has 0 radical (unpaired) electrons. The normalized spacial score (nSPS) is 32.4. The summed E-state index contributed by atoms with van der Waals surface area (Å²) in [5.41, 5.74) is 1.39. The van der Waals surface area contributed by atoms with E-state index in [1.54, 1.807) is 11.8 Å². The van der Waals surface area contributed by atoms with Crippen molar-refractivity contribution in [3.63, 3.8) is 0 Å². The highest BCUT2D eigenvalue weighted by Crippen LogP contribution is 2.32. The summed E-state index contributed by atoms with van der Waals surface area (Å²) in [7, 11) is 0. The molecule has 1 saturated carbocycles. The molecule has 4 nitrogen and oxygen atoms in total. The van der Waals surface area contributed by atoms with Crippen molar-refractivity contribution in [1.82, 2.24) is 10.2 Å². The summed E-state index contributed by atoms with van der Waals surface area (Å²) >= 11 is 3.62. The summed E-state index contributed by atoms with van der Waals surface area (Å²) in [6, 6.07) is 1.17. The first-order valence-corrected chi connectivity index (χ1v) is 8.91. The number of fused-ring (bicyclic) bond motifs is 2. The Morgan fingerprint density at radius 1 is 1.42 bits per heavy atom. The first-order chi connectivity index (χ1) is 9.40. The molecule has 0 aromatic heterocycles. The molecule has 0 amide bonds. The zero-order valence-corrected chi connectivity index (χ0v) is 12.5. The van der Waals surface area contributed by atoms with Gasteiger partial charge >= 0.3 is 0 Å². The Morgan fingerprint density at radius 3 is 3.32 bits per heavy atom. The first-order valence-electron chi connectivity index (χ1n) is 7.05. The van der Waals surface area contributed by atoms with Gasteiger partial charge in [-0.2, -0.15) is 0 Å². The van der Waals surface area contributed by atoms with Gasteiger partial charge in [-0.25, -0.2) is 0 Å². The SMILES string of the molecule is C1=C(CSC2=NC3CCCCC3N2)N2CCN=C2S1. The van der Waals surface area contributed by atoms with Crippen LogP contribution in [0, 0.1) is 0 Å². The minimum atomic E-state index is 0.548. The average Bonchev–Trinajstić information content (AvgIpc) is 3.11. The Morgan fingerprint density at radius 2 is 2.37 bits per heavy atom. The standard InChI is InChI=1S/C13H18N4S2/c1-2-4-11-10(3-1)15-12(16-11)18-7-9-8-19-13-14-5-6-17(9)13/h8,10-11H,1-7H2,(H,15,16). The summed E-state index contributed by atoms with van der Waals surface area (Å²) < 4.78 is 0. The third kappa shape index (κ3) is 2.29. The van der Waals surface area contributed by atoms with Crippen molar-refractivity contribution in [2.24, 2.45) is 9.98 Å². The Bertz CT molecular complexity index is 471. The lowest BCUT2D eigenvalue weighted by molar-refractivity contribution is 0.385. The number of hydrogen-bond donors (Lipinski definition) is 1. The summed E-state index contributed by atoms with van der Waals surface area (Å²) in [5, 5.41) is 8.20. The highest BCUT2D eigenvalue weighted by atomic mass is 32.2. The maximum absolute atomic E-state index is 4.84. The van der Waals surface area contributed by atoms with Crippen LogP contribution >= 0.6 is 23.5 Å². The smallest absolute Gasteiger partial charge is 0.167 e. The van der Waals surface area contributed by atoms with Gasteiger partial charge in [0.2, 0.25) is 0 Å². The van der Waals surface area contributed by atoms with Crippen LogP contribution in [0.2, 0.25) is 0 Å². The molecule has 2 unspecified atom stereocenters. The van der Waals surface area contributed by atoms with Crippen LogP contribution in [0.4, 0.5) is 0 Å². The van der Waals surface area contributed by atoms with Crippen LogP contribution in [0.25, 0.3) is 0 Å². The van der Waals surface area contributed by atoms with Crippen LogP contribution in [0.3, 0.4) is 0 Å². The lowest BCUT2D eigenvalue weighted by Crippen LogP contribution is -2.36. The van der Waals surface area contributed by atoms with Gasteiger partial charge in [-0.05, 0) is 18.2 Å². The van der Waals surface area contributed by atoms with Gasteiger partial charge in [0.15, 0.2) is 10.3 Å². The minimum absolute atomic E-state index is 0.548. The second kappa shape index (κ2) is 5.05. The summed E-state index contributed by atoms with van der Waals surface area (Å²) in [6.07, 6.45) is 5.26. The molecule has 0 spiro atoms. The van der Waals surface area contributed by atoms with Gasteiger partial charge in [0.05, 0.1) is 18.6 Å². The maximum atomic E-state index is 4.84. The molecule has 1 aliphatic carbocycles. The molecule has 1 fully saturated rings. The molecule has 6 heteroatoms. The van der Waals surface area contributed by atoms with E-state index in [1.807, 2.05) is 11.8 Å². The second-order valence-corrected chi connectivity index (χ2v) is 7.17. The molecule has 19 heavy (non-hydrogen) atoms. The number of hydrogen-bond acceptors (Lipinski definition) is 6. The zero-order valence-electron chi connectivity index (χ0n) is 10.8. The van der Waals surface area contributed by atoms with E-state index >= 15 is 0 Å². The van der Waals surface area contributed by atoms with E-state index in [0.29, 0.717) is 12.1 Å². The van der Waals surface area contributed by atoms with E-state index in [-0.39, 0.29) is 0 Å². The van der Waals surface area contributed by atoms with Crippen molar-refractivity contribution in [3.05, 3.63) is 11.1 Å². The molecule has 0 aromatic carbocycles. The van der Waals surface area contributed by atoms with E-state index in [0.717, 1.165) is 24.0 Å². The molecule has 0 saturated heterocycles. The van der Waals surface area contributed by atoms with Crippen molar-refractivity contribution < 1.29 is 0 Å². The molecule has 4 rings (SSSR count). The fourth-order valence-corrected chi connectivity index (χ4v) is 5.12. The molecule has 0 aromatic rings. The highest BCUT2D eigenvalue weighted by molar-refractivity contribution is 8.17. The first kappa shape index (κ1) is 12.1. The fourth-order valence-electron chi connectivity index (χ4n) is 3.09. The quantitative estimate of drug-likeness (QED) is 0.848. The van der Waals surface area contributed by atoms with Gasteiger partial charge in [-0.15, -0.1) is 0 Å². The molecule has 1 N–H and O–H groups in total. The fraction of sp³-hybridized carbons (Fsp3) is 0.692. The lowest BCUT2D eigenvalue weighted by Gasteiger charge is -2.23. The number of thioether (sulfide) groups is 2. The molecular formula is C13H18N4S2. The predicted molar refractivity (Wildman–Crippen MR) is 83.8 cm³/mol. The number of aliphatic imine (C=N–C) groups is 2. The molecule has 0 bridgehead atoms. The molecule has 3 aliphatic heterocycles. The molecule has 102 valence electrons. The highest BCUT2D eigenvalue weighted by Gasteiger charge is 2.32. The molecule has 2 atom stereocenters. The number of amidine groups is 2. The van der Waals surface area contributed by atoms with Gasteiger partial charge < -0.3 is 10.2 Å². The third-order valence-corrected chi connectivity index (χ3v) is 6.01. The topological polar surface area (TPSA) is 40.0 Å². The third-order valence-electron chi connectivity index (χ3n) is 4.13. The minimum Gasteiger partial charge on any atom is -0.360 e. The summed E-state index contributed by atoms with van der Waals surface area (Å²) in [6.45, 7) is 2.01. The van der Waals surface area contributed by atoms with Gasteiger partial charge in [0.25, 0.3) is 0 Å². The Balaban J connectivity index is 1.35. The van der Waals surface area contributed by atoms with Crippen LogP contribution in [0.1, 0.15) is 25.7 Å². The van der Waals surface area contributed by atoms with E-state index < -0.39 is 0 Å². The van der Waals surface area contributed by atoms with Gasteiger partial charge in [-0.1, -0.05) is 36.4 Å². The van der Waals surface area contributed by atoms with Gasteiger partial charge in [-0.3, -0.25) is 9.98 Å². The molecular weight excluding hydrogens is 276 g/mol. The molecule has 4 aliphatic rings. The predicted octanol–water partition coefficient (Wildman–Crippen LogP) is 2.25. The Hall–Kier alpha value is -0.620. The van der Waals surface area contributed by atoms with Crippen LogP contribution in [-0.4, -0.2) is 46.2 Å². The van der Waals surface area contributed by atoms with Crippen LogP contribution < -0.4 is 5.32 Å². The molecule has 3 heterocycles. The van der Waals surface area contributed by atoms with Crippen molar-refractivity contribution >= 4 is 33.9 Å². The monoisotopic (exact) mass is 294 g/mol.